The fourth-order valence-corrected chi connectivity index (χ4v) is 1.55. The molecule has 0 radical (unpaired) electrons. The number of rotatable bonds is 2. The van der Waals surface area contributed by atoms with E-state index >= 15 is 0 Å². The highest BCUT2D eigenvalue weighted by atomic mass is 16.5. The summed E-state index contributed by atoms with van der Waals surface area (Å²) in [5, 5.41) is 0. The van der Waals surface area contributed by atoms with Gasteiger partial charge in [-0.15, -0.1) is 0 Å². The van der Waals surface area contributed by atoms with Gasteiger partial charge in [-0.3, -0.25) is 0 Å². The van der Waals surface area contributed by atoms with Crippen molar-refractivity contribution in [2.75, 3.05) is 7.11 Å². The van der Waals surface area contributed by atoms with Crippen molar-refractivity contribution in [2.45, 2.75) is 44.9 Å². The lowest BCUT2D eigenvalue weighted by molar-refractivity contribution is 0.400. The summed E-state index contributed by atoms with van der Waals surface area (Å²) in [6, 6.07) is 0. The highest BCUT2D eigenvalue weighted by Crippen LogP contribution is 2.43. The van der Waals surface area contributed by atoms with Gasteiger partial charge in [-0.1, -0.05) is 20.8 Å². The fraction of sp³-hybridized carbons (Fsp3) is 0.667. The predicted molar refractivity (Wildman–Crippen MR) is 59.3 cm³/mol. The Labute approximate surface area is 90.9 Å². The van der Waals surface area contributed by atoms with Crippen molar-refractivity contribution in [3.05, 3.63) is 17.7 Å². The minimum Gasteiger partial charge on any atom is -0.493 e. The van der Waals surface area contributed by atoms with Gasteiger partial charge in [0.15, 0.2) is 5.75 Å². The van der Waals surface area contributed by atoms with Crippen LogP contribution >= 0.6 is 0 Å². The largest absolute Gasteiger partial charge is 0.493 e. The van der Waals surface area contributed by atoms with E-state index in [1.165, 1.54) is 12.8 Å². The van der Waals surface area contributed by atoms with Gasteiger partial charge in [0.1, 0.15) is 5.82 Å². The van der Waals surface area contributed by atoms with E-state index in [1.54, 1.807) is 13.3 Å². The van der Waals surface area contributed by atoms with E-state index in [0.717, 1.165) is 17.3 Å². The third kappa shape index (κ3) is 2.11. The minimum atomic E-state index is 0.00983. The van der Waals surface area contributed by atoms with Crippen LogP contribution in [0, 0.1) is 0 Å². The molecule has 3 heteroatoms. The van der Waals surface area contributed by atoms with Crippen LogP contribution < -0.4 is 4.74 Å². The Hall–Kier alpha value is -1.12. The van der Waals surface area contributed by atoms with E-state index in [0.29, 0.717) is 5.92 Å². The quantitative estimate of drug-likeness (QED) is 0.746. The second kappa shape index (κ2) is 3.47. The fourth-order valence-electron chi connectivity index (χ4n) is 1.55. The molecule has 0 unspecified atom stereocenters. The van der Waals surface area contributed by atoms with Crippen molar-refractivity contribution in [3.8, 4) is 5.75 Å². The van der Waals surface area contributed by atoms with E-state index in [-0.39, 0.29) is 5.41 Å². The van der Waals surface area contributed by atoms with Crippen molar-refractivity contribution in [2.24, 2.45) is 0 Å². The van der Waals surface area contributed by atoms with Crippen LogP contribution in [0.3, 0.4) is 0 Å². The molecule has 1 heterocycles. The second-order valence-corrected chi connectivity index (χ2v) is 5.17. The van der Waals surface area contributed by atoms with Gasteiger partial charge < -0.3 is 4.74 Å². The maximum Gasteiger partial charge on any atom is 0.158 e. The van der Waals surface area contributed by atoms with Crippen LogP contribution in [0.2, 0.25) is 0 Å². The molecule has 15 heavy (non-hydrogen) atoms. The highest BCUT2D eigenvalue weighted by molar-refractivity contribution is 5.31. The number of nitrogens with zero attached hydrogens (tertiary/aromatic N) is 2. The molecular formula is C12H18N2O. The van der Waals surface area contributed by atoms with E-state index < -0.39 is 0 Å². The maximum atomic E-state index is 5.29. The molecule has 0 amide bonds. The van der Waals surface area contributed by atoms with Gasteiger partial charge in [-0.2, -0.15) is 0 Å². The Balaban J connectivity index is 2.40. The summed E-state index contributed by atoms with van der Waals surface area (Å²) in [6.07, 6.45) is 4.27. The van der Waals surface area contributed by atoms with Crippen molar-refractivity contribution >= 4 is 0 Å². The van der Waals surface area contributed by atoms with Gasteiger partial charge in [0.2, 0.25) is 0 Å². The molecule has 1 aliphatic rings. The van der Waals surface area contributed by atoms with E-state index in [4.69, 9.17) is 4.74 Å². The molecule has 0 aromatic carbocycles. The standard InChI is InChI=1S/C12H18N2O/c1-12(2,3)11-13-7-9(15-4)10(14-11)8-5-6-8/h7-8H,5-6H2,1-4H3. The molecule has 1 saturated carbocycles. The number of aromatic nitrogens is 2. The van der Waals surface area contributed by atoms with E-state index in [2.05, 4.69) is 30.7 Å². The minimum absolute atomic E-state index is 0.00983. The van der Waals surface area contributed by atoms with Crippen LogP contribution in [-0.4, -0.2) is 17.1 Å². The van der Waals surface area contributed by atoms with Crippen LogP contribution in [0.25, 0.3) is 0 Å². The Morgan fingerprint density at radius 2 is 2.00 bits per heavy atom. The van der Waals surface area contributed by atoms with Crippen molar-refractivity contribution in [1.82, 2.24) is 9.97 Å². The monoisotopic (exact) mass is 206 g/mol. The number of hydrogen-bond donors (Lipinski definition) is 0. The summed E-state index contributed by atoms with van der Waals surface area (Å²) < 4.78 is 5.29. The number of methoxy groups -OCH3 is 1. The summed E-state index contributed by atoms with van der Waals surface area (Å²) in [5.41, 5.74) is 1.10. The third-order valence-corrected chi connectivity index (χ3v) is 2.64. The molecule has 1 fully saturated rings. The Morgan fingerprint density at radius 3 is 2.47 bits per heavy atom. The zero-order valence-electron chi connectivity index (χ0n) is 9.87. The predicted octanol–water partition coefficient (Wildman–Crippen LogP) is 2.66. The molecule has 1 aromatic heterocycles. The molecular weight excluding hydrogens is 188 g/mol. The van der Waals surface area contributed by atoms with Gasteiger partial charge in [-0.05, 0) is 12.8 Å². The molecule has 0 aliphatic heterocycles. The molecule has 0 spiro atoms. The highest BCUT2D eigenvalue weighted by Gasteiger charge is 2.30. The first kappa shape index (κ1) is 10.4. The Bertz CT molecular complexity index is 364. The SMILES string of the molecule is COc1cnc(C(C)(C)C)nc1C1CC1. The van der Waals surface area contributed by atoms with Crippen molar-refractivity contribution < 1.29 is 4.74 Å². The normalized spacial score (nSPS) is 16.5. The van der Waals surface area contributed by atoms with Crippen molar-refractivity contribution in [1.29, 1.82) is 0 Å². The Morgan fingerprint density at radius 1 is 1.33 bits per heavy atom. The lowest BCUT2D eigenvalue weighted by atomic mass is 9.95. The summed E-state index contributed by atoms with van der Waals surface area (Å²) in [6.45, 7) is 6.39. The second-order valence-electron chi connectivity index (χ2n) is 5.17. The molecule has 0 atom stereocenters. The molecule has 0 saturated heterocycles. The molecule has 0 bridgehead atoms. The van der Waals surface area contributed by atoms with Crippen LogP contribution in [0.1, 0.15) is 51.0 Å². The van der Waals surface area contributed by atoms with E-state index in [1.807, 2.05) is 0 Å². The lowest BCUT2D eigenvalue weighted by Crippen LogP contribution is -2.17. The smallest absolute Gasteiger partial charge is 0.158 e. The maximum absolute atomic E-state index is 5.29. The number of hydrogen-bond acceptors (Lipinski definition) is 3. The molecule has 82 valence electrons. The topological polar surface area (TPSA) is 35.0 Å². The van der Waals surface area contributed by atoms with Gasteiger partial charge in [0.25, 0.3) is 0 Å². The molecule has 1 aliphatic carbocycles. The van der Waals surface area contributed by atoms with Crippen LogP contribution in [0.4, 0.5) is 0 Å². The van der Waals surface area contributed by atoms with Crippen LogP contribution in [-0.2, 0) is 5.41 Å². The van der Waals surface area contributed by atoms with E-state index in [9.17, 15) is 0 Å². The molecule has 2 rings (SSSR count). The van der Waals surface area contributed by atoms with Crippen LogP contribution in [0.15, 0.2) is 6.20 Å². The van der Waals surface area contributed by atoms with Gasteiger partial charge in [0, 0.05) is 11.3 Å². The summed E-state index contributed by atoms with van der Waals surface area (Å²) in [4.78, 5) is 9.00. The lowest BCUT2D eigenvalue weighted by Gasteiger charge is -2.18. The summed E-state index contributed by atoms with van der Waals surface area (Å²) in [7, 11) is 1.68. The Kier molecular flexibility index (Phi) is 2.41. The summed E-state index contributed by atoms with van der Waals surface area (Å²) in [5.74, 6) is 2.35. The van der Waals surface area contributed by atoms with Crippen molar-refractivity contribution in [3.63, 3.8) is 0 Å². The van der Waals surface area contributed by atoms with Gasteiger partial charge in [0.05, 0.1) is 19.0 Å². The first-order chi connectivity index (χ1) is 7.02. The molecule has 1 aromatic rings. The average molecular weight is 206 g/mol. The van der Waals surface area contributed by atoms with Gasteiger partial charge in [-0.25, -0.2) is 9.97 Å². The average Bonchev–Trinajstić information content (AvgIpc) is 2.98. The van der Waals surface area contributed by atoms with Gasteiger partial charge >= 0.3 is 0 Å². The zero-order chi connectivity index (χ0) is 11.1. The van der Waals surface area contributed by atoms with Crippen LogP contribution in [0.5, 0.6) is 5.75 Å². The molecule has 0 N–H and O–H groups in total. The summed E-state index contributed by atoms with van der Waals surface area (Å²) >= 11 is 0. The first-order valence-corrected chi connectivity index (χ1v) is 5.44. The zero-order valence-corrected chi connectivity index (χ0v) is 9.87. The third-order valence-electron chi connectivity index (χ3n) is 2.64. The number of ether oxygens (including phenoxy) is 1. The molecule has 3 nitrogen and oxygen atoms in total. The first-order valence-electron chi connectivity index (χ1n) is 5.44.